The van der Waals surface area contributed by atoms with Gasteiger partial charge in [0.15, 0.2) is 20.8 Å². The number of carbonyl (C=O) groups is 1. The zero-order valence-corrected chi connectivity index (χ0v) is 16.4. The number of benzene rings is 2. The minimum Gasteiger partial charge on any atom is -0.504 e. The molecule has 2 N–H and O–H groups in total. The third-order valence-electron chi connectivity index (χ3n) is 4.75. The van der Waals surface area contributed by atoms with E-state index in [2.05, 4.69) is 5.32 Å². The van der Waals surface area contributed by atoms with Crippen LogP contribution in [-0.2, 0) is 27.6 Å². The molecule has 5 nitrogen and oxygen atoms in total. The molecule has 0 amide bonds. The first kappa shape index (κ1) is 20.0. The molecule has 6 heteroatoms. The van der Waals surface area contributed by atoms with Gasteiger partial charge in [-0.3, -0.25) is 4.79 Å². The molecule has 2 aromatic rings. The van der Waals surface area contributed by atoms with Gasteiger partial charge in [-0.15, -0.1) is 0 Å². The number of sulfone groups is 1. The molecule has 0 saturated carbocycles. The lowest BCUT2D eigenvalue weighted by Crippen LogP contribution is -2.33. The van der Waals surface area contributed by atoms with E-state index in [1.807, 2.05) is 37.3 Å². The van der Waals surface area contributed by atoms with Crippen molar-refractivity contribution in [2.75, 3.05) is 6.54 Å². The fraction of sp³-hybridized carbons (Fsp3) is 0.227. The van der Waals surface area contributed by atoms with E-state index in [1.165, 1.54) is 24.3 Å². The first-order valence-corrected chi connectivity index (χ1v) is 10.7. The summed E-state index contributed by atoms with van der Waals surface area (Å²) in [6.07, 6.45) is 3.66. The van der Waals surface area contributed by atoms with Crippen molar-refractivity contribution >= 4 is 15.6 Å². The standard InChI is InChI=1S/C22H23NO4S/c1-2-16-8-11-19(12-9-16)28(26,27)20-13-10-18(21(24)22(20)25)15-23-14-17-6-4-3-5-7-17/h3-13,20,23-24H,2,14-15H2,1H3. The first-order chi connectivity index (χ1) is 13.4. The van der Waals surface area contributed by atoms with Crippen LogP contribution in [-0.4, -0.2) is 31.1 Å². The maximum atomic E-state index is 12.8. The van der Waals surface area contributed by atoms with Crippen LogP contribution in [0, 0.1) is 0 Å². The number of nitrogens with one attached hydrogen (secondary N) is 1. The summed E-state index contributed by atoms with van der Waals surface area (Å²) in [7, 11) is -3.91. The summed E-state index contributed by atoms with van der Waals surface area (Å²) in [6.45, 7) is 2.82. The molecule has 1 aliphatic carbocycles. The topological polar surface area (TPSA) is 83.5 Å². The molecule has 1 atom stereocenters. The molecule has 28 heavy (non-hydrogen) atoms. The van der Waals surface area contributed by atoms with Gasteiger partial charge in [-0.05, 0) is 29.7 Å². The van der Waals surface area contributed by atoms with E-state index in [0.717, 1.165) is 17.5 Å². The van der Waals surface area contributed by atoms with Crippen LogP contribution in [0.5, 0.6) is 0 Å². The molecular formula is C22H23NO4S. The number of aryl methyl sites for hydroxylation is 1. The Kier molecular flexibility index (Phi) is 6.11. The van der Waals surface area contributed by atoms with Crippen molar-refractivity contribution in [1.82, 2.24) is 5.32 Å². The zero-order valence-electron chi connectivity index (χ0n) is 15.6. The Hall–Kier alpha value is -2.70. The second-order valence-electron chi connectivity index (χ2n) is 6.65. The second-order valence-corrected chi connectivity index (χ2v) is 8.72. The van der Waals surface area contributed by atoms with Crippen LogP contribution in [0.2, 0.25) is 0 Å². The summed E-state index contributed by atoms with van der Waals surface area (Å²) in [6, 6.07) is 16.2. The minimum atomic E-state index is -3.91. The van der Waals surface area contributed by atoms with Gasteiger partial charge < -0.3 is 10.4 Å². The first-order valence-electron chi connectivity index (χ1n) is 9.15. The summed E-state index contributed by atoms with van der Waals surface area (Å²) in [5.74, 6) is -1.29. The van der Waals surface area contributed by atoms with Crippen molar-refractivity contribution in [3.05, 3.63) is 89.2 Å². The van der Waals surface area contributed by atoms with Crippen LogP contribution in [0.1, 0.15) is 18.1 Å². The summed E-state index contributed by atoms with van der Waals surface area (Å²) in [5, 5.41) is 12.0. The Bertz CT molecular complexity index is 1010. The highest BCUT2D eigenvalue weighted by Crippen LogP contribution is 2.25. The van der Waals surface area contributed by atoms with Crippen LogP contribution in [0.3, 0.4) is 0 Å². The molecule has 146 valence electrons. The molecule has 1 unspecified atom stereocenters. The summed E-state index contributed by atoms with van der Waals surface area (Å²) in [4.78, 5) is 12.6. The lowest BCUT2D eigenvalue weighted by Gasteiger charge is -2.19. The highest BCUT2D eigenvalue weighted by Gasteiger charge is 2.36. The van der Waals surface area contributed by atoms with Gasteiger partial charge in [-0.1, -0.05) is 61.5 Å². The molecule has 0 radical (unpaired) electrons. The summed E-state index contributed by atoms with van der Waals surface area (Å²) < 4.78 is 25.7. The zero-order chi connectivity index (χ0) is 20.1. The summed E-state index contributed by atoms with van der Waals surface area (Å²) in [5.41, 5.74) is 2.47. The maximum Gasteiger partial charge on any atom is 0.219 e. The predicted octanol–water partition coefficient (Wildman–Crippen LogP) is 3.13. The number of hydrogen-bond acceptors (Lipinski definition) is 5. The molecule has 0 fully saturated rings. The van der Waals surface area contributed by atoms with Gasteiger partial charge in [-0.2, -0.15) is 0 Å². The van der Waals surface area contributed by atoms with E-state index in [9.17, 15) is 18.3 Å². The Morgan fingerprint density at radius 1 is 0.964 bits per heavy atom. The quantitative estimate of drug-likeness (QED) is 0.750. The number of aliphatic hydroxyl groups is 1. The van der Waals surface area contributed by atoms with E-state index in [-0.39, 0.29) is 11.4 Å². The molecular weight excluding hydrogens is 374 g/mol. The second kappa shape index (κ2) is 8.54. The monoisotopic (exact) mass is 397 g/mol. The lowest BCUT2D eigenvalue weighted by molar-refractivity contribution is -0.117. The van der Waals surface area contributed by atoms with Crippen molar-refractivity contribution in [3.8, 4) is 0 Å². The van der Waals surface area contributed by atoms with Gasteiger partial charge in [0.2, 0.25) is 5.78 Å². The maximum absolute atomic E-state index is 12.8. The highest BCUT2D eigenvalue weighted by molar-refractivity contribution is 7.93. The number of ketones is 1. The molecule has 0 aliphatic heterocycles. The largest absolute Gasteiger partial charge is 0.504 e. The minimum absolute atomic E-state index is 0.0751. The van der Waals surface area contributed by atoms with Crippen LogP contribution in [0.25, 0.3) is 0 Å². The van der Waals surface area contributed by atoms with Crippen molar-refractivity contribution in [1.29, 1.82) is 0 Å². The van der Waals surface area contributed by atoms with Crippen molar-refractivity contribution in [2.45, 2.75) is 30.0 Å². The van der Waals surface area contributed by atoms with E-state index in [1.54, 1.807) is 12.1 Å². The number of aliphatic hydroxyl groups excluding tert-OH is 1. The predicted molar refractivity (Wildman–Crippen MR) is 109 cm³/mol. The van der Waals surface area contributed by atoms with Crippen LogP contribution in [0.4, 0.5) is 0 Å². The number of allylic oxidation sites excluding steroid dienone is 1. The van der Waals surface area contributed by atoms with Gasteiger partial charge in [0, 0.05) is 18.7 Å². The third-order valence-corrected chi connectivity index (χ3v) is 6.72. The molecule has 1 aliphatic rings. The lowest BCUT2D eigenvalue weighted by atomic mass is 10.0. The Balaban J connectivity index is 1.71. The number of rotatable bonds is 7. The Morgan fingerprint density at radius 2 is 1.64 bits per heavy atom. The third kappa shape index (κ3) is 4.24. The van der Waals surface area contributed by atoms with E-state index in [4.69, 9.17) is 0 Å². The Labute approximate surface area is 165 Å². The number of hydrogen-bond donors (Lipinski definition) is 2. The van der Waals surface area contributed by atoms with Crippen molar-refractivity contribution in [3.63, 3.8) is 0 Å². The number of Topliss-reactive ketones (excluding diaryl/α,β-unsaturated/α-hetero) is 1. The van der Waals surface area contributed by atoms with Crippen molar-refractivity contribution in [2.24, 2.45) is 0 Å². The van der Waals surface area contributed by atoms with Crippen molar-refractivity contribution < 1.29 is 18.3 Å². The average molecular weight is 397 g/mol. The van der Waals surface area contributed by atoms with E-state index in [0.29, 0.717) is 12.1 Å². The molecule has 3 rings (SSSR count). The fourth-order valence-corrected chi connectivity index (χ4v) is 4.54. The smallest absolute Gasteiger partial charge is 0.219 e. The van der Waals surface area contributed by atoms with E-state index >= 15 is 0 Å². The Morgan fingerprint density at radius 3 is 2.29 bits per heavy atom. The molecule has 0 spiro atoms. The molecule has 0 aromatic heterocycles. The van der Waals surface area contributed by atoms with Gasteiger partial charge in [0.05, 0.1) is 4.90 Å². The van der Waals surface area contributed by atoms with Crippen LogP contribution < -0.4 is 5.32 Å². The highest BCUT2D eigenvalue weighted by atomic mass is 32.2. The fourth-order valence-electron chi connectivity index (χ4n) is 3.05. The van der Waals surface area contributed by atoms with Gasteiger partial charge in [-0.25, -0.2) is 8.42 Å². The molecule has 0 bridgehead atoms. The SMILES string of the molecule is CCc1ccc(S(=O)(=O)C2C=CC(CNCc3ccccc3)=C(O)C2=O)cc1. The van der Waals surface area contributed by atoms with Gasteiger partial charge in [0.25, 0.3) is 0 Å². The van der Waals surface area contributed by atoms with E-state index < -0.39 is 26.6 Å². The molecule has 0 heterocycles. The van der Waals surface area contributed by atoms with Gasteiger partial charge in [0.1, 0.15) is 0 Å². The van der Waals surface area contributed by atoms with Crippen LogP contribution >= 0.6 is 0 Å². The molecule has 2 aromatic carbocycles. The van der Waals surface area contributed by atoms with Gasteiger partial charge >= 0.3 is 0 Å². The van der Waals surface area contributed by atoms with Crippen LogP contribution in [0.15, 0.2) is 83.0 Å². The summed E-state index contributed by atoms with van der Waals surface area (Å²) >= 11 is 0. The average Bonchev–Trinajstić information content (AvgIpc) is 2.72. The number of carbonyl (C=O) groups excluding carboxylic acids is 1. The normalized spacial score (nSPS) is 17.2. The molecule has 0 saturated heterocycles.